The first-order valence-corrected chi connectivity index (χ1v) is 12.0. The molecular formula is C27H32N2O5. The van der Waals surface area contributed by atoms with Crippen molar-refractivity contribution in [3.63, 3.8) is 0 Å². The minimum Gasteiger partial charge on any atom is -0.480 e. The molecule has 7 nitrogen and oxygen atoms in total. The van der Waals surface area contributed by atoms with Crippen LogP contribution in [0.15, 0.2) is 48.5 Å². The third-order valence-electron chi connectivity index (χ3n) is 6.89. The average Bonchev–Trinajstić information content (AvgIpc) is 3.41. The highest BCUT2D eigenvalue weighted by molar-refractivity contribution is 5.91. The molecule has 7 heteroatoms. The monoisotopic (exact) mass is 464 g/mol. The maximum absolute atomic E-state index is 13.0. The van der Waals surface area contributed by atoms with E-state index in [1.807, 2.05) is 50.2 Å². The van der Waals surface area contributed by atoms with Crippen molar-refractivity contribution in [2.45, 2.75) is 63.5 Å². The normalized spacial score (nSPS) is 17.0. The maximum Gasteiger partial charge on any atom is 0.407 e. The van der Waals surface area contributed by atoms with Crippen LogP contribution in [0.25, 0.3) is 11.1 Å². The number of rotatable bonds is 8. The number of nitrogens with one attached hydrogen (secondary N) is 2. The van der Waals surface area contributed by atoms with Crippen LogP contribution in [0.2, 0.25) is 0 Å². The number of ether oxygens (including phenoxy) is 1. The Kier molecular flexibility index (Phi) is 6.91. The summed E-state index contributed by atoms with van der Waals surface area (Å²) in [6.07, 6.45) is 1.99. The van der Waals surface area contributed by atoms with Gasteiger partial charge in [0.05, 0.1) is 0 Å². The van der Waals surface area contributed by atoms with Crippen molar-refractivity contribution >= 4 is 18.0 Å². The van der Waals surface area contributed by atoms with Gasteiger partial charge < -0.3 is 20.5 Å². The molecule has 2 aromatic rings. The van der Waals surface area contributed by atoms with E-state index in [1.165, 1.54) is 0 Å². The Morgan fingerprint density at radius 1 is 1.00 bits per heavy atom. The molecule has 34 heavy (non-hydrogen) atoms. The molecule has 0 bridgehead atoms. The highest BCUT2D eigenvalue weighted by Gasteiger charge is 2.44. The van der Waals surface area contributed by atoms with Crippen LogP contribution >= 0.6 is 0 Å². The summed E-state index contributed by atoms with van der Waals surface area (Å²) < 4.78 is 5.60. The summed E-state index contributed by atoms with van der Waals surface area (Å²) in [5.41, 5.74) is 3.24. The van der Waals surface area contributed by atoms with Crippen LogP contribution < -0.4 is 10.6 Å². The Labute approximate surface area is 199 Å². The fourth-order valence-electron chi connectivity index (χ4n) is 5.18. The van der Waals surface area contributed by atoms with E-state index in [-0.39, 0.29) is 18.4 Å². The first-order chi connectivity index (χ1) is 16.3. The fourth-order valence-corrected chi connectivity index (χ4v) is 5.18. The van der Waals surface area contributed by atoms with E-state index in [4.69, 9.17) is 4.74 Å². The summed E-state index contributed by atoms with van der Waals surface area (Å²) in [7, 11) is 0. The largest absolute Gasteiger partial charge is 0.480 e. The Hall–Kier alpha value is -3.35. The molecular weight excluding hydrogens is 432 g/mol. The molecule has 2 amide bonds. The number of hydrogen-bond acceptors (Lipinski definition) is 4. The lowest BCUT2D eigenvalue weighted by Crippen LogP contribution is -2.58. The van der Waals surface area contributed by atoms with Crippen LogP contribution in [-0.4, -0.2) is 41.3 Å². The van der Waals surface area contributed by atoms with Crippen molar-refractivity contribution in [2.75, 3.05) is 6.61 Å². The number of carboxylic acids is 1. The Morgan fingerprint density at radius 2 is 1.56 bits per heavy atom. The highest BCUT2D eigenvalue weighted by atomic mass is 16.5. The number of fused-ring (bicyclic) bond motifs is 3. The molecule has 4 rings (SSSR count). The molecule has 2 aliphatic rings. The molecule has 3 N–H and O–H groups in total. The molecule has 0 radical (unpaired) electrons. The predicted molar refractivity (Wildman–Crippen MR) is 128 cm³/mol. The van der Waals surface area contributed by atoms with Gasteiger partial charge in [-0.1, -0.05) is 75.2 Å². The number of amides is 2. The summed E-state index contributed by atoms with van der Waals surface area (Å²) in [5, 5.41) is 15.1. The number of carboxylic acid groups (broad SMARTS) is 1. The van der Waals surface area contributed by atoms with Gasteiger partial charge in [0.2, 0.25) is 5.91 Å². The molecule has 2 aliphatic carbocycles. The molecule has 1 saturated carbocycles. The van der Waals surface area contributed by atoms with Crippen LogP contribution in [0.4, 0.5) is 4.79 Å². The van der Waals surface area contributed by atoms with Gasteiger partial charge >= 0.3 is 12.1 Å². The molecule has 0 spiro atoms. The quantitative estimate of drug-likeness (QED) is 0.535. The molecule has 1 fully saturated rings. The second kappa shape index (κ2) is 9.87. The Morgan fingerprint density at radius 3 is 2.09 bits per heavy atom. The van der Waals surface area contributed by atoms with Crippen molar-refractivity contribution < 1.29 is 24.2 Å². The van der Waals surface area contributed by atoms with Gasteiger partial charge in [0.1, 0.15) is 18.2 Å². The van der Waals surface area contributed by atoms with Crippen molar-refractivity contribution in [1.29, 1.82) is 0 Å². The molecule has 0 aromatic heterocycles. The minimum absolute atomic E-state index is 0.0794. The molecule has 0 saturated heterocycles. The molecule has 1 unspecified atom stereocenters. The summed E-state index contributed by atoms with van der Waals surface area (Å²) in [6.45, 7) is 4.04. The van der Waals surface area contributed by atoms with Gasteiger partial charge in [-0.15, -0.1) is 0 Å². The minimum atomic E-state index is -1.25. The number of benzene rings is 2. The third-order valence-corrected chi connectivity index (χ3v) is 6.89. The third kappa shape index (κ3) is 4.79. The van der Waals surface area contributed by atoms with Gasteiger partial charge in [0.15, 0.2) is 0 Å². The zero-order valence-corrected chi connectivity index (χ0v) is 19.7. The average molecular weight is 465 g/mol. The van der Waals surface area contributed by atoms with E-state index in [9.17, 15) is 19.5 Å². The van der Waals surface area contributed by atoms with Crippen molar-refractivity contribution in [2.24, 2.45) is 5.92 Å². The van der Waals surface area contributed by atoms with Crippen LogP contribution in [-0.2, 0) is 14.3 Å². The van der Waals surface area contributed by atoms with E-state index in [1.54, 1.807) is 0 Å². The number of carbonyl (C=O) groups is 3. The zero-order chi connectivity index (χ0) is 24.3. The topological polar surface area (TPSA) is 105 Å². The lowest BCUT2D eigenvalue weighted by Gasteiger charge is -2.29. The second-order valence-corrected chi connectivity index (χ2v) is 9.74. The van der Waals surface area contributed by atoms with Crippen molar-refractivity contribution in [3.8, 4) is 11.1 Å². The standard InChI is InChI=1S/C27H32N2O5/c1-17(2)15-23(24(30)29-27(25(31)32)13-7-8-14-27)28-26(33)34-16-22-20-11-5-3-9-18(20)19-10-4-6-12-21(19)22/h3-6,9-12,17,22-23H,7-8,13-16H2,1-2H3,(H,28,33)(H,29,30)(H,31,32). The van der Waals surface area contributed by atoms with Crippen LogP contribution in [0.3, 0.4) is 0 Å². The molecule has 0 aliphatic heterocycles. The Bertz CT molecular complexity index is 1030. The van der Waals surface area contributed by atoms with Gasteiger partial charge in [-0.05, 0) is 47.4 Å². The maximum atomic E-state index is 13.0. The van der Waals surface area contributed by atoms with Gasteiger partial charge in [-0.25, -0.2) is 9.59 Å². The Balaban J connectivity index is 1.43. The highest BCUT2D eigenvalue weighted by Crippen LogP contribution is 2.44. The molecule has 1 atom stereocenters. The SMILES string of the molecule is CC(C)CC(NC(=O)OCC1c2ccccc2-c2ccccc21)C(=O)NC1(C(=O)O)CCCC1. The van der Waals surface area contributed by atoms with Gasteiger partial charge in [-0.2, -0.15) is 0 Å². The van der Waals surface area contributed by atoms with Gasteiger partial charge in [0.25, 0.3) is 0 Å². The van der Waals surface area contributed by atoms with Crippen molar-refractivity contribution in [3.05, 3.63) is 59.7 Å². The summed E-state index contributed by atoms with van der Waals surface area (Å²) in [5.74, 6) is -1.47. The summed E-state index contributed by atoms with van der Waals surface area (Å²) in [6, 6.07) is 15.3. The predicted octanol–water partition coefficient (Wildman–Crippen LogP) is 4.45. The number of aliphatic carboxylic acids is 1. The molecule has 2 aromatic carbocycles. The van der Waals surface area contributed by atoms with Gasteiger partial charge in [0, 0.05) is 5.92 Å². The molecule has 180 valence electrons. The van der Waals surface area contributed by atoms with Crippen molar-refractivity contribution in [1.82, 2.24) is 10.6 Å². The lowest BCUT2D eigenvalue weighted by atomic mass is 9.96. The van der Waals surface area contributed by atoms with Gasteiger partial charge in [-0.3, -0.25) is 4.79 Å². The van der Waals surface area contributed by atoms with E-state index >= 15 is 0 Å². The first-order valence-electron chi connectivity index (χ1n) is 12.0. The fraction of sp³-hybridized carbons (Fsp3) is 0.444. The number of hydrogen-bond donors (Lipinski definition) is 3. The van der Waals surface area contributed by atoms with Crippen LogP contribution in [0.5, 0.6) is 0 Å². The molecule has 0 heterocycles. The van der Waals surface area contributed by atoms with E-state index < -0.39 is 29.6 Å². The smallest absolute Gasteiger partial charge is 0.407 e. The van der Waals surface area contributed by atoms with E-state index in [2.05, 4.69) is 22.8 Å². The lowest BCUT2D eigenvalue weighted by molar-refractivity contribution is -0.147. The number of alkyl carbamates (subject to hydrolysis) is 1. The summed E-state index contributed by atoms with van der Waals surface area (Å²) >= 11 is 0. The number of carbonyl (C=O) groups excluding carboxylic acids is 2. The van der Waals surface area contributed by atoms with Crippen LogP contribution in [0, 0.1) is 5.92 Å². The van der Waals surface area contributed by atoms with Crippen LogP contribution in [0.1, 0.15) is 63.0 Å². The zero-order valence-electron chi connectivity index (χ0n) is 19.7. The summed E-state index contributed by atoms with van der Waals surface area (Å²) in [4.78, 5) is 37.6. The first kappa shape index (κ1) is 23.8. The van der Waals surface area contributed by atoms with E-state index in [0.29, 0.717) is 19.3 Å². The second-order valence-electron chi connectivity index (χ2n) is 9.74. The van der Waals surface area contributed by atoms with E-state index in [0.717, 1.165) is 35.1 Å².